The SMILES string of the molecule is CC1CCc2c(sc3nc(CN(C)C)n(Cc4ccccc4F)c(=O)c23)C1. The Kier molecular flexibility index (Phi) is 4.86. The van der Waals surface area contributed by atoms with E-state index in [2.05, 4.69) is 6.92 Å². The smallest absolute Gasteiger partial charge is 0.262 e. The Hall–Kier alpha value is -2.05. The number of thiophene rings is 1. The van der Waals surface area contributed by atoms with Crippen molar-refractivity contribution in [2.24, 2.45) is 5.92 Å². The predicted molar refractivity (Wildman–Crippen MR) is 108 cm³/mol. The van der Waals surface area contributed by atoms with Gasteiger partial charge in [0, 0.05) is 10.4 Å². The Balaban J connectivity index is 1.91. The summed E-state index contributed by atoms with van der Waals surface area (Å²) in [6.07, 6.45) is 3.05. The minimum atomic E-state index is -0.290. The molecule has 0 saturated heterocycles. The molecule has 4 rings (SSSR count). The number of hydrogen-bond acceptors (Lipinski definition) is 4. The lowest BCUT2D eigenvalue weighted by atomic mass is 9.89. The molecule has 0 N–H and O–H groups in total. The summed E-state index contributed by atoms with van der Waals surface area (Å²) >= 11 is 1.66. The van der Waals surface area contributed by atoms with Crippen LogP contribution >= 0.6 is 11.3 Å². The van der Waals surface area contributed by atoms with Crippen molar-refractivity contribution in [3.8, 4) is 0 Å². The van der Waals surface area contributed by atoms with Crippen molar-refractivity contribution in [3.05, 3.63) is 62.3 Å². The fraction of sp³-hybridized carbons (Fsp3) is 0.429. The van der Waals surface area contributed by atoms with Crippen molar-refractivity contribution in [3.63, 3.8) is 0 Å². The van der Waals surface area contributed by atoms with Crippen LogP contribution in [0, 0.1) is 11.7 Å². The first-order valence-electron chi connectivity index (χ1n) is 9.36. The van der Waals surface area contributed by atoms with E-state index in [0.717, 1.165) is 29.5 Å². The quantitative estimate of drug-likeness (QED) is 0.685. The number of fused-ring (bicyclic) bond motifs is 3. The maximum atomic E-state index is 14.2. The molecule has 2 heterocycles. The largest absolute Gasteiger partial charge is 0.302 e. The number of nitrogens with zero attached hydrogens (tertiary/aromatic N) is 3. The molecule has 0 amide bonds. The van der Waals surface area contributed by atoms with Crippen LogP contribution < -0.4 is 5.56 Å². The zero-order valence-corrected chi connectivity index (χ0v) is 16.8. The van der Waals surface area contributed by atoms with E-state index in [9.17, 15) is 9.18 Å². The standard InChI is InChI=1S/C21H24FN3OS/c1-13-8-9-15-17(10-13)27-20-19(15)21(26)25(18(23-20)12-24(2)3)11-14-6-4-5-7-16(14)22/h4-7,13H,8-12H2,1-3H3. The van der Waals surface area contributed by atoms with E-state index in [0.29, 0.717) is 23.9 Å². The third-order valence-electron chi connectivity index (χ3n) is 5.24. The van der Waals surface area contributed by atoms with Crippen LogP contribution in [0.1, 0.15) is 35.2 Å². The lowest BCUT2D eigenvalue weighted by molar-refractivity contribution is 0.378. The molecule has 4 nitrogen and oxygen atoms in total. The van der Waals surface area contributed by atoms with Crippen molar-refractivity contribution in [2.45, 2.75) is 39.3 Å². The second-order valence-corrected chi connectivity index (χ2v) is 8.86. The first-order chi connectivity index (χ1) is 12.9. The van der Waals surface area contributed by atoms with Crippen molar-refractivity contribution in [2.75, 3.05) is 14.1 Å². The van der Waals surface area contributed by atoms with Crippen LogP contribution in [0.4, 0.5) is 4.39 Å². The van der Waals surface area contributed by atoms with Gasteiger partial charge in [-0.2, -0.15) is 0 Å². The summed E-state index contributed by atoms with van der Waals surface area (Å²) in [7, 11) is 3.90. The van der Waals surface area contributed by atoms with Crippen LogP contribution in [0.5, 0.6) is 0 Å². The minimum Gasteiger partial charge on any atom is -0.302 e. The lowest BCUT2D eigenvalue weighted by Crippen LogP contribution is -2.29. The molecule has 0 fully saturated rings. The van der Waals surface area contributed by atoms with E-state index < -0.39 is 0 Å². The van der Waals surface area contributed by atoms with Gasteiger partial charge in [-0.1, -0.05) is 25.1 Å². The van der Waals surface area contributed by atoms with E-state index in [1.54, 1.807) is 34.1 Å². The first-order valence-corrected chi connectivity index (χ1v) is 10.2. The summed E-state index contributed by atoms with van der Waals surface area (Å²) in [6.45, 7) is 3.01. The number of aryl methyl sites for hydroxylation is 1. The van der Waals surface area contributed by atoms with E-state index in [1.807, 2.05) is 19.0 Å². The topological polar surface area (TPSA) is 38.1 Å². The Morgan fingerprint density at radius 3 is 2.85 bits per heavy atom. The number of hydrogen-bond donors (Lipinski definition) is 0. The van der Waals surface area contributed by atoms with Crippen molar-refractivity contribution in [1.82, 2.24) is 14.5 Å². The monoisotopic (exact) mass is 385 g/mol. The third kappa shape index (κ3) is 3.44. The number of halogens is 1. The molecule has 1 unspecified atom stereocenters. The zero-order valence-electron chi connectivity index (χ0n) is 16.0. The Bertz CT molecular complexity index is 1050. The van der Waals surface area contributed by atoms with Gasteiger partial charge in [-0.3, -0.25) is 9.36 Å². The number of aromatic nitrogens is 2. The van der Waals surface area contributed by atoms with Crippen molar-refractivity contribution < 1.29 is 4.39 Å². The van der Waals surface area contributed by atoms with Crippen LogP contribution in [0.2, 0.25) is 0 Å². The van der Waals surface area contributed by atoms with Gasteiger partial charge >= 0.3 is 0 Å². The highest BCUT2D eigenvalue weighted by Crippen LogP contribution is 2.36. The molecule has 3 aromatic rings. The van der Waals surface area contributed by atoms with Gasteiger partial charge in [-0.05, 0) is 50.9 Å². The molecular formula is C21H24FN3OS. The van der Waals surface area contributed by atoms with Crippen molar-refractivity contribution in [1.29, 1.82) is 0 Å². The molecule has 0 spiro atoms. The lowest BCUT2D eigenvalue weighted by Gasteiger charge is -2.18. The van der Waals surface area contributed by atoms with E-state index >= 15 is 0 Å². The maximum absolute atomic E-state index is 14.2. The highest BCUT2D eigenvalue weighted by atomic mass is 32.1. The van der Waals surface area contributed by atoms with E-state index in [4.69, 9.17) is 4.98 Å². The molecule has 0 aliphatic heterocycles. The maximum Gasteiger partial charge on any atom is 0.262 e. The Morgan fingerprint density at radius 1 is 1.33 bits per heavy atom. The van der Waals surface area contributed by atoms with Gasteiger partial charge in [0.2, 0.25) is 0 Å². The highest BCUT2D eigenvalue weighted by Gasteiger charge is 2.25. The molecule has 0 saturated carbocycles. The van der Waals surface area contributed by atoms with Gasteiger partial charge in [-0.15, -0.1) is 11.3 Å². The molecule has 1 atom stereocenters. The van der Waals surface area contributed by atoms with Gasteiger partial charge in [-0.25, -0.2) is 9.37 Å². The normalized spacial score (nSPS) is 16.9. The molecule has 1 aliphatic rings. The van der Waals surface area contributed by atoms with Crippen LogP contribution in [0.3, 0.4) is 0 Å². The third-order valence-corrected chi connectivity index (χ3v) is 6.39. The molecule has 1 aromatic carbocycles. The molecule has 1 aliphatic carbocycles. The summed E-state index contributed by atoms with van der Waals surface area (Å²) in [4.78, 5) is 22.4. The van der Waals surface area contributed by atoms with Gasteiger partial charge in [0.05, 0.1) is 18.5 Å². The highest BCUT2D eigenvalue weighted by molar-refractivity contribution is 7.18. The zero-order chi connectivity index (χ0) is 19.1. The molecule has 0 radical (unpaired) electrons. The van der Waals surface area contributed by atoms with E-state index in [-0.39, 0.29) is 17.9 Å². The van der Waals surface area contributed by atoms with Gasteiger partial charge < -0.3 is 4.90 Å². The number of rotatable bonds is 4. The van der Waals surface area contributed by atoms with E-state index in [1.165, 1.54) is 16.5 Å². The van der Waals surface area contributed by atoms with Gasteiger partial charge in [0.25, 0.3) is 5.56 Å². The number of benzene rings is 1. The predicted octanol–water partition coefficient (Wildman–Crippen LogP) is 3.83. The summed E-state index contributed by atoms with van der Waals surface area (Å²) in [5, 5.41) is 0.751. The molecule has 142 valence electrons. The average molecular weight is 386 g/mol. The fourth-order valence-electron chi connectivity index (χ4n) is 3.83. The average Bonchev–Trinajstić information content (AvgIpc) is 2.96. The van der Waals surface area contributed by atoms with Crippen LogP contribution in [0.25, 0.3) is 10.2 Å². The van der Waals surface area contributed by atoms with Crippen LogP contribution in [-0.2, 0) is 25.9 Å². The molecule has 27 heavy (non-hydrogen) atoms. The van der Waals surface area contributed by atoms with Crippen LogP contribution in [-0.4, -0.2) is 28.5 Å². The second kappa shape index (κ2) is 7.17. The minimum absolute atomic E-state index is 0.0350. The summed E-state index contributed by atoms with van der Waals surface area (Å²) in [5.41, 5.74) is 1.65. The Labute approximate surface area is 162 Å². The molecule has 2 aromatic heterocycles. The second-order valence-electron chi connectivity index (χ2n) is 7.78. The van der Waals surface area contributed by atoms with Gasteiger partial charge in [0.15, 0.2) is 0 Å². The molecular weight excluding hydrogens is 361 g/mol. The fourth-order valence-corrected chi connectivity index (χ4v) is 5.22. The first kappa shape index (κ1) is 18.3. The summed E-state index contributed by atoms with van der Waals surface area (Å²) in [6, 6.07) is 6.64. The van der Waals surface area contributed by atoms with Crippen molar-refractivity contribution >= 4 is 21.6 Å². The molecule has 0 bridgehead atoms. The summed E-state index contributed by atoms with van der Waals surface area (Å²) in [5.74, 6) is 1.04. The van der Waals surface area contributed by atoms with Gasteiger partial charge in [0.1, 0.15) is 16.5 Å². The molecule has 6 heteroatoms. The van der Waals surface area contributed by atoms with Crippen LogP contribution in [0.15, 0.2) is 29.1 Å². The summed E-state index contributed by atoms with van der Waals surface area (Å²) < 4.78 is 15.9. The Morgan fingerprint density at radius 2 is 2.11 bits per heavy atom.